The molecule has 1 aromatic heterocycles. The van der Waals surface area contributed by atoms with Crippen molar-refractivity contribution in [3.63, 3.8) is 0 Å². The monoisotopic (exact) mass is 249 g/mol. The number of hydrogen-bond acceptors (Lipinski definition) is 2. The maximum atomic E-state index is 13.5. The van der Waals surface area contributed by atoms with Crippen molar-refractivity contribution in [2.45, 2.75) is 0 Å². The first-order chi connectivity index (χ1) is 8.65. The van der Waals surface area contributed by atoms with Crippen molar-refractivity contribution in [1.29, 1.82) is 0 Å². The smallest absolute Gasteiger partial charge is 0.230 e. The van der Waals surface area contributed by atoms with Crippen molar-refractivity contribution in [3.05, 3.63) is 53.8 Å². The molecule has 18 heavy (non-hydrogen) atoms. The second-order valence-corrected chi connectivity index (χ2v) is 3.73. The quantitative estimate of drug-likeness (QED) is 0.653. The normalized spacial score (nSPS) is 11.1. The molecule has 0 spiro atoms. The molecule has 0 aliphatic rings. The average Bonchev–Trinajstić information content (AvgIpc) is 2.73. The van der Waals surface area contributed by atoms with Crippen LogP contribution in [0, 0.1) is 17.5 Å². The maximum absolute atomic E-state index is 13.5. The van der Waals surface area contributed by atoms with Gasteiger partial charge in [-0.2, -0.15) is 0 Å². The molecule has 0 aliphatic carbocycles. The van der Waals surface area contributed by atoms with Gasteiger partial charge < -0.3 is 4.42 Å². The summed E-state index contributed by atoms with van der Waals surface area (Å²) >= 11 is 0. The lowest BCUT2D eigenvalue weighted by Crippen LogP contribution is -1.82. The van der Waals surface area contributed by atoms with Gasteiger partial charge in [-0.3, -0.25) is 0 Å². The van der Waals surface area contributed by atoms with E-state index in [0.717, 1.165) is 6.07 Å². The predicted octanol–water partition coefficient (Wildman–Crippen LogP) is 3.91. The standard InChI is InChI=1S/C13H6F3NO/c14-7-5-10(16)12-11(6-7)17-13(18-12)8-3-1-2-4-9(8)15/h1-6H. The van der Waals surface area contributed by atoms with Crippen molar-refractivity contribution >= 4 is 11.1 Å². The molecule has 0 saturated carbocycles. The van der Waals surface area contributed by atoms with E-state index in [2.05, 4.69) is 4.98 Å². The van der Waals surface area contributed by atoms with Crippen molar-refractivity contribution in [3.8, 4) is 11.5 Å². The number of aromatic nitrogens is 1. The van der Waals surface area contributed by atoms with E-state index in [9.17, 15) is 13.2 Å². The van der Waals surface area contributed by atoms with Gasteiger partial charge in [0.1, 0.15) is 17.2 Å². The minimum Gasteiger partial charge on any atom is -0.433 e. The molecule has 0 aliphatic heterocycles. The van der Waals surface area contributed by atoms with E-state index in [0.29, 0.717) is 6.07 Å². The number of fused-ring (bicyclic) bond motifs is 1. The summed E-state index contributed by atoms with van der Waals surface area (Å²) in [7, 11) is 0. The molecule has 0 atom stereocenters. The fourth-order valence-electron chi connectivity index (χ4n) is 1.71. The lowest BCUT2D eigenvalue weighted by atomic mass is 10.2. The Bertz CT molecular complexity index is 736. The van der Waals surface area contributed by atoms with Gasteiger partial charge in [-0.05, 0) is 12.1 Å². The van der Waals surface area contributed by atoms with Crippen molar-refractivity contribution < 1.29 is 17.6 Å². The van der Waals surface area contributed by atoms with E-state index in [1.165, 1.54) is 18.2 Å². The Hall–Kier alpha value is -2.30. The number of hydrogen-bond donors (Lipinski definition) is 0. The summed E-state index contributed by atoms with van der Waals surface area (Å²) in [6.45, 7) is 0. The molecule has 2 aromatic carbocycles. The third-order valence-corrected chi connectivity index (χ3v) is 2.51. The highest BCUT2D eigenvalue weighted by atomic mass is 19.1. The van der Waals surface area contributed by atoms with E-state index < -0.39 is 17.5 Å². The molecule has 2 nitrogen and oxygen atoms in total. The fourth-order valence-corrected chi connectivity index (χ4v) is 1.71. The summed E-state index contributed by atoms with van der Waals surface area (Å²) < 4.78 is 45.0. The van der Waals surface area contributed by atoms with Gasteiger partial charge in [0.15, 0.2) is 11.4 Å². The van der Waals surface area contributed by atoms with Crippen molar-refractivity contribution in [1.82, 2.24) is 4.98 Å². The zero-order chi connectivity index (χ0) is 12.7. The van der Waals surface area contributed by atoms with Crippen molar-refractivity contribution in [2.24, 2.45) is 0 Å². The summed E-state index contributed by atoms with van der Waals surface area (Å²) in [5.41, 5.74) is -0.0612. The number of benzene rings is 2. The number of halogens is 3. The molecule has 0 radical (unpaired) electrons. The second-order valence-electron chi connectivity index (χ2n) is 3.73. The van der Waals surface area contributed by atoms with Crippen LogP contribution in [0.15, 0.2) is 40.8 Å². The third kappa shape index (κ3) is 1.64. The predicted molar refractivity (Wildman–Crippen MR) is 59.3 cm³/mol. The van der Waals surface area contributed by atoms with Crippen LogP contribution in [0.2, 0.25) is 0 Å². The first-order valence-corrected chi connectivity index (χ1v) is 5.15. The van der Waals surface area contributed by atoms with E-state index in [1.807, 2.05) is 0 Å². The van der Waals surface area contributed by atoms with Crippen LogP contribution in [0.3, 0.4) is 0 Å². The summed E-state index contributed by atoms with van der Waals surface area (Å²) in [6, 6.07) is 7.53. The van der Waals surface area contributed by atoms with Gasteiger partial charge in [0.25, 0.3) is 0 Å². The second kappa shape index (κ2) is 3.87. The largest absolute Gasteiger partial charge is 0.433 e. The lowest BCUT2D eigenvalue weighted by molar-refractivity contribution is 0.546. The molecular formula is C13H6F3NO. The Morgan fingerprint density at radius 3 is 2.50 bits per heavy atom. The summed E-state index contributed by atoms with van der Waals surface area (Å²) in [5, 5.41) is 0. The zero-order valence-corrected chi connectivity index (χ0v) is 8.95. The zero-order valence-electron chi connectivity index (χ0n) is 8.95. The van der Waals surface area contributed by atoms with Crippen LogP contribution in [0.5, 0.6) is 0 Å². The van der Waals surface area contributed by atoms with E-state index in [-0.39, 0.29) is 22.6 Å². The maximum Gasteiger partial charge on any atom is 0.230 e. The molecule has 0 bridgehead atoms. The number of oxazole rings is 1. The highest BCUT2D eigenvalue weighted by Crippen LogP contribution is 2.28. The van der Waals surface area contributed by atoms with Gasteiger partial charge in [-0.15, -0.1) is 0 Å². The molecule has 1 heterocycles. The van der Waals surface area contributed by atoms with Crippen LogP contribution in [0.25, 0.3) is 22.6 Å². The highest BCUT2D eigenvalue weighted by molar-refractivity contribution is 5.76. The Balaban J connectivity index is 2.26. The molecule has 5 heteroatoms. The molecule has 0 fully saturated rings. The van der Waals surface area contributed by atoms with E-state index in [1.54, 1.807) is 6.07 Å². The molecule has 0 N–H and O–H groups in total. The van der Waals surface area contributed by atoms with Gasteiger partial charge in [0.05, 0.1) is 5.56 Å². The lowest BCUT2D eigenvalue weighted by Gasteiger charge is -1.95. The number of rotatable bonds is 1. The Labute approximate surface area is 99.7 Å². The molecule has 0 unspecified atom stereocenters. The summed E-state index contributed by atoms with van der Waals surface area (Å²) in [5.74, 6) is -2.23. The molecule has 3 rings (SSSR count). The van der Waals surface area contributed by atoms with Crippen LogP contribution >= 0.6 is 0 Å². The molecule has 0 amide bonds. The topological polar surface area (TPSA) is 26.0 Å². The minimum atomic E-state index is -0.861. The van der Waals surface area contributed by atoms with Gasteiger partial charge in [-0.25, -0.2) is 18.2 Å². The SMILES string of the molecule is Fc1cc(F)c2oc(-c3ccccc3F)nc2c1. The molecular weight excluding hydrogens is 243 g/mol. The van der Waals surface area contributed by atoms with Crippen LogP contribution in [-0.2, 0) is 0 Å². The molecule has 90 valence electrons. The Morgan fingerprint density at radius 1 is 0.944 bits per heavy atom. The van der Waals surface area contributed by atoms with E-state index >= 15 is 0 Å². The van der Waals surface area contributed by atoms with Gasteiger partial charge in [-0.1, -0.05) is 12.1 Å². The van der Waals surface area contributed by atoms with Crippen LogP contribution in [-0.4, -0.2) is 4.98 Å². The van der Waals surface area contributed by atoms with Crippen LogP contribution in [0.4, 0.5) is 13.2 Å². The van der Waals surface area contributed by atoms with Crippen molar-refractivity contribution in [2.75, 3.05) is 0 Å². The van der Waals surface area contributed by atoms with Crippen LogP contribution < -0.4 is 0 Å². The average molecular weight is 249 g/mol. The van der Waals surface area contributed by atoms with Crippen LogP contribution in [0.1, 0.15) is 0 Å². The Morgan fingerprint density at radius 2 is 1.72 bits per heavy atom. The first-order valence-electron chi connectivity index (χ1n) is 5.15. The third-order valence-electron chi connectivity index (χ3n) is 2.51. The fraction of sp³-hybridized carbons (Fsp3) is 0. The van der Waals surface area contributed by atoms with E-state index in [4.69, 9.17) is 4.42 Å². The Kier molecular flexibility index (Phi) is 2.33. The number of nitrogens with zero attached hydrogens (tertiary/aromatic N) is 1. The first kappa shape index (κ1) is 10.8. The minimum absolute atomic E-state index is 0.0192. The highest BCUT2D eigenvalue weighted by Gasteiger charge is 2.15. The summed E-state index contributed by atoms with van der Waals surface area (Å²) in [6.07, 6.45) is 0. The van der Waals surface area contributed by atoms with Gasteiger partial charge >= 0.3 is 0 Å². The van der Waals surface area contributed by atoms with Gasteiger partial charge in [0.2, 0.25) is 5.89 Å². The molecule has 0 saturated heterocycles. The molecule has 3 aromatic rings. The summed E-state index contributed by atoms with van der Waals surface area (Å²) in [4.78, 5) is 3.88. The van der Waals surface area contributed by atoms with Gasteiger partial charge in [0, 0.05) is 12.1 Å².